The van der Waals surface area contributed by atoms with Crippen molar-refractivity contribution < 1.29 is 41.4 Å². The summed E-state index contributed by atoms with van der Waals surface area (Å²) in [7, 11) is 1.36. The minimum Gasteiger partial charge on any atom is -0.383 e. The Morgan fingerprint density at radius 1 is 1.21 bits per heavy atom. The summed E-state index contributed by atoms with van der Waals surface area (Å²) < 4.78 is 74.5. The molecule has 1 aliphatic carbocycles. The number of carbonyl (C=O) groups is 2. The Labute approximate surface area is 245 Å². The van der Waals surface area contributed by atoms with E-state index in [1.54, 1.807) is 0 Å². The van der Waals surface area contributed by atoms with Crippen LogP contribution < -0.4 is 16.0 Å². The Morgan fingerprint density at radius 3 is 2.51 bits per heavy atom. The van der Waals surface area contributed by atoms with Crippen LogP contribution in [0.5, 0.6) is 0 Å². The number of rotatable bonds is 10. The first-order valence-electron chi connectivity index (χ1n) is 13.9. The van der Waals surface area contributed by atoms with Gasteiger partial charge in [-0.15, -0.1) is 0 Å². The number of anilines is 1. The lowest BCUT2D eigenvalue weighted by molar-refractivity contribution is -0.152. The predicted molar refractivity (Wildman–Crippen MR) is 144 cm³/mol. The topological polar surface area (TPSA) is 134 Å². The fourth-order valence-corrected chi connectivity index (χ4v) is 5.52. The molecule has 2 amide bonds. The van der Waals surface area contributed by atoms with Crippen molar-refractivity contribution in [2.45, 2.75) is 82.1 Å². The van der Waals surface area contributed by atoms with E-state index in [9.17, 15) is 36.6 Å². The molecule has 16 heteroatoms. The number of halogens is 5. The second-order valence-electron chi connectivity index (χ2n) is 11.2. The number of alkyl halides is 5. The number of aromatic nitrogens is 3. The maximum absolute atomic E-state index is 13.9. The van der Waals surface area contributed by atoms with Crippen molar-refractivity contribution in [1.29, 1.82) is 0 Å². The first-order chi connectivity index (χ1) is 20.2. The molecule has 4 N–H and O–H groups in total. The zero-order valence-corrected chi connectivity index (χ0v) is 23.9. The van der Waals surface area contributed by atoms with Crippen LogP contribution in [0.4, 0.5) is 27.8 Å². The molecule has 1 aliphatic heterocycles. The molecule has 43 heavy (non-hydrogen) atoms. The van der Waals surface area contributed by atoms with Crippen LogP contribution in [0.3, 0.4) is 0 Å². The van der Waals surface area contributed by atoms with E-state index in [2.05, 4.69) is 26.0 Å². The Balaban J connectivity index is 1.55. The van der Waals surface area contributed by atoms with E-state index in [0.29, 0.717) is 5.56 Å². The van der Waals surface area contributed by atoms with Gasteiger partial charge in [-0.3, -0.25) is 24.5 Å². The Kier molecular flexibility index (Phi) is 10.0. The average molecular weight is 618 g/mol. The van der Waals surface area contributed by atoms with Crippen LogP contribution in [0.2, 0.25) is 0 Å². The van der Waals surface area contributed by atoms with E-state index in [1.807, 2.05) is 13.8 Å². The fourth-order valence-electron chi connectivity index (χ4n) is 5.52. The van der Waals surface area contributed by atoms with Gasteiger partial charge in [0.2, 0.25) is 11.8 Å². The molecule has 4 rings (SSSR count). The highest BCUT2D eigenvalue weighted by Gasteiger charge is 2.48. The number of hydrogen-bond acceptors (Lipinski definition) is 8. The number of hydrogen-bond donors (Lipinski definition) is 4. The summed E-state index contributed by atoms with van der Waals surface area (Å²) in [6.45, 7) is 3.02. The lowest BCUT2D eigenvalue weighted by Gasteiger charge is -2.33. The zero-order chi connectivity index (χ0) is 31.5. The molecule has 2 aromatic rings. The second-order valence-corrected chi connectivity index (χ2v) is 11.2. The van der Waals surface area contributed by atoms with E-state index in [4.69, 9.17) is 4.74 Å². The summed E-state index contributed by atoms with van der Waals surface area (Å²) in [6.07, 6.45) is -4.28. The molecule has 0 spiro atoms. The van der Waals surface area contributed by atoms with Crippen LogP contribution in [-0.2, 0) is 9.53 Å². The third-order valence-corrected chi connectivity index (χ3v) is 7.79. The minimum atomic E-state index is -4.58. The molecule has 238 valence electrons. The molecule has 1 unspecified atom stereocenters. The summed E-state index contributed by atoms with van der Waals surface area (Å²) in [5.74, 6) is -4.71. The van der Waals surface area contributed by atoms with Crippen molar-refractivity contribution >= 4 is 17.6 Å². The lowest BCUT2D eigenvalue weighted by Crippen LogP contribution is -2.50. The first-order valence-corrected chi connectivity index (χ1v) is 13.9. The molecule has 4 atom stereocenters. The number of nitrogens with zero attached hydrogens (tertiary/aromatic N) is 4. The van der Waals surface area contributed by atoms with Crippen molar-refractivity contribution in [1.82, 2.24) is 30.3 Å². The van der Waals surface area contributed by atoms with Crippen LogP contribution in [0, 0.1) is 5.92 Å². The van der Waals surface area contributed by atoms with Gasteiger partial charge in [-0.25, -0.2) is 13.8 Å². The third-order valence-electron chi connectivity index (χ3n) is 7.79. The van der Waals surface area contributed by atoms with Gasteiger partial charge >= 0.3 is 6.18 Å². The van der Waals surface area contributed by atoms with Crippen LogP contribution in [0.15, 0.2) is 30.6 Å². The Morgan fingerprint density at radius 2 is 1.91 bits per heavy atom. The highest BCUT2D eigenvalue weighted by atomic mass is 19.4. The van der Waals surface area contributed by atoms with Gasteiger partial charge in [-0.05, 0) is 56.4 Å². The zero-order valence-electron chi connectivity index (χ0n) is 23.9. The Bertz CT molecular complexity index is 1260. The van der Waals surface area contributed by atoms with Crippen molar-refractivity contribution in [3.63, 3.8) is 0 Å². The molecular weight excluding hydrogens is 581 g/mol. The van der Waals surface area contributed by atoms with Gasteiger partial charge in [0.1, 0.15) is 23.6 Å². The van der Waals surface area contributed by atoms with Crippen molar-refractivity contribution in [2.75, 3.05) is 25.6 Å². The predicted octanol–water partition coefficient (Wildman–Crippen LogP) is 3.22. The van der Waals surface area contributed by atoms with E-state index in [0.717, 1.165) is 0 Å². The molecule has 2 aromatic heterocycles. The maximum atomic E-state index is 13.9. The largest absolute Gasteiger partial charge is 0.405 e. The SMILES string of the molecule is COC[C@H](c1ccnc(NC(=O)[C@@H](NC(=O)c2ccnn2C(C)C)C2CCC(F)(F)CC2)c1)N1C[C@@H](C(F)(F)F)NC1O. The van der Waals surface area contributed by atoms with Crippen LogP contribution in [0.1, 0.15) is 67.7 Å². The van der Waals surface area contributed by atoms with Gasteiger partial charge in [-0.2, -0.15) is 18.3 Å². The standard InChI is InChI=1S/C27H36F5N7O4/c1-15(2)39-18(7-11-34-39)23(40)37-22(16-4-8-26(28,29)9-5-16)24(41)36-21-12-17(6-10-33-21)19(14-43-3)38-13-20(27(30,31)32)35-25(38)42/h6-7,10-12,15-16,19-20,22,25,35,42H,4-5,8-9,13-14H2,1-3H3,(H,37,40)(H,33,36,41)/t19-,20+,22+,25?/m1/s1. The van der Waals surface area contributed by atoms with Gasteiger partial charge in [-0.1, -0.05) is 0 Å². The van der Waals surface area contributed by atoms with E-state index >= 15 is 0 Å². The molecule has 1 saturated carbocycles. The number of methoxy groups -OCH3 is 1. The van der Waals surface area contributed by atoms with Gasteiger partial charge in [0.05, 0.1) is 12.6 Å². The smallest absolute Gasteiger partial charge is 0.383 e. The number of amides is 2. The molecule has 0 bridgehead atoms. The fraction of sp³-hybridized carbons (Fsp3) is 0.630. The molecule has 0 aromatic carbocycles. The van der Waals surface area contributed by atoms with E-state index in [1.165, 1.54) is 47.3 Å². The highest BCUT2D eigenvalue weighted by molar-refractivity contribution is 6.00. The van der Waals surface area contributed by atoms with Crippen molar-refractivity contribution in [2.24, 2.45) is 5.92 Å². The molecule has 2 fully saturated rings. The van der Waals surface area contributed by atoms with Gasteiger partial charge in [0.25, 0.3) is 5.91 Å². The molecule has 3 heterocycles. The number of ether oxygens (including phenoxy) is 1. The highest BCUT2D eigenvalue weighted by Crippen LogP contribution is 2.38. The summed E-state index contributed by atoms with van der Waals surface area (Å²) in [6, 6.07) is 0.300. The summed E-state index contributed by atoms with van der Waals surface area (Å²) >= 11 is 0. The van der Waals surface area contributed by atoms with E-state index < -0.39 is 73.7 Å². The quantitative estimate of drug-likeness (QED) is 0.299. The Hall–Kier alpha value is -3.21. The minimum absolute atomic E-state index is 0.00158. The molecule has 2 aliphatic rings. The van der Waals surface area contributed by atoms with Crippen LogP contribution in [-0.4, -0.2) is 87.4 Å². The summed E-state index contributed by atoms with van der Waals surface area (Å²) in [5.41, 5.74) is 0.598. The average Bonchev–Trinajstić information content (AvgIpc) is 3.58. The van der Waals surface area contributed by atoms with Gasteiger partial charge in [0, 0.05) is 44.9 Å². The number of carbonyl (C=O) groups excluding carboxylic acids is 2. The number of aliphatic hydroxyl groups excluding tert-OH is 1. The number of nitrogens with one attached hydrogen (secondary N) is 3. The van der Waals surface area contributed by atoms with Crippen molar-refractivity contribution in [3.8, 4) is 0 Å². The summed E-state index contributed by atoms with van der Waals surface area (Å²) in [4.78, 5) is 32.1. The molecule has 11 nitrogen and oxygen atoms in total. The van der Waals surface area contributed by atoms with Crippen LogP contribution >= 0.6 is 0 Å². The van der Waals surface area contributed by atoms with Crippen molar-refractivity contribution in [3.05, 3.63) is 41.9 Å². The molecular formula is C27H36F5N7O4. The normalized spacial score (nSPS) is 22.8. The molecule has 1 saturated heterocycles. The maximum Gasteiger partial charge on any atom is 0.405 e. The third kappa shape index (κ3) is 7.85. The summed E-state index contributed by atoms with van der Waals surface area (Å²) in [5, 5.41) is 21.9. The first kappa shape index (κ1) is 32.7. The monoisotopic (exact) mass is 617 g/mol. The number of aliphatic hydroxyl groups is 1. The van der Waals surface area contributed by atoms with Gasteiger partial charge in [0.15, 0.2) is 6.35 Å². The number of pyridine rings is 1. The second kappa shape index (κ2) is 13.2. The molecule has 0 radical (unpaired) electrons. The van der Waals surface area contributed by atoms with Gasteiger partial charge < -0.3 is 20.5 Å². The van der Waals surface area contributed by atoms with Crippen LogP contribution in [0.25, 0.3) is 0 Å². The lowest BCUT2D eigenvalue weighted by atomic mass is 9.81. The van der Waals surface area contributed by atoms with E-state index in [-0.39, 0.29) is 37.0 Å².